The third kappa shape index (κ3) is 5.97. The molecule has 0 fully saturated rings. The van der Waals surface area contributed by atoms with Crippen molar-refractivity contribution in [2.45, 2.75) is 66.3 Å². The van der Waals surface area contributed by atoms with Crippen LogP contribution < -0.4 is 5.19 Å². The highest BCUT2D eigenvalue weighted by Gasteiger charge is 2.44. The Hall–Kier alpha value is -1.68. The van der Waals surface area contributed by atoms with Gasteiger partial charge >= 0.3 is 0 Å². The Balaban J connectivity index is 2.52. The second kappa shape index (κ2) is 13.0. The molecule has 0 aliphatic rings. The summed E-state index contributed by atoms with van der Waals surface area (Å²) in [5.74, 6) is 0. The van der Waals surface area contributed by atoms with Gasteiger partial charge in [0, 0.05) is 0 Å². The van der Waals surface area contributed by atoms with E-state index in [4.69, 9.17) is 0 Å². The van der Waals surface area contributed by atoms with Gasteiger partial charge in [0.15, 0.2) is 0 Å². The van der Waals surface area contributed by atoms with Crippen molar-refractivity contribution < 1.29 is 0 Å². The van der Waals surface area contributed by atoms with Crippen LogP contribution in [0.15, 0.2) is 61.2 Å². The maximum Gasteiger partial charge on any atom is 0.239 e. The summed E-state index contributed by atoms with van der Waals surface area (Å²) in [7, 11) is -1.99. The number of nitrogens with zero attached hydrogens (tertiary/aromatic N) is 2. The molecule has 0 bridgehead atoms. The fourth-order valence-electron chi connectivity index (χ4n) is 5.00. The molecule has 0 amide bonds. The zero-order valence-corrected chi connectivity index (χ0v) is 21.7. The minimum Gasteiger partial charge on any atom is -0.308 e. The van der Waals surface area contributed by atoms with Crippen molar-refractivity contribution in [3.63, 3.8) is 0 Å². The Morgan fingerprint density at radius 1 is 0.645 bits per heavy atom. The maximum atomic E-state index is 4.39. The van der Waals surface area contributed by atoms with Crippen LogP contribution in [0.5, 0.6) is 0 Å². The molecule has 3 heteroatoms. The molecule has 170 valence electrons. The van der Waals surface area contributed by atoms with Gasteiger partial charge in [0.05, 0.1) is 0 Å². The predicted octanol–water partition coefficient (Wildman–Crippen LogP) is 6.66. The predicted molar refractivity (Wildman–Crippen MR) is 141 cm³/mol. The highest BCUT2D eigenvalue weighted by Crippen LogP contribution is 2.25. The highest BCUT2D eigenvalue weighted by atomic mass is 28.3. The van der Waals surface area contributed by atoms with Gasteiger partial charge in [-0.05, 0) is 79.8 Å². The first-order valence-electron chi connectivity index (χ1n) is 12.4. The van der Waals surface area contributed by atoms with Gasteiger partial charge < -0.3 is 9.13 Å². The fourth-order valence-corrected chi connectivity index (χ4v) is 10.5. The zero-order valence-electron chi connectivity index (χ0n) is 20.7. The second-order valence-corrected chi connectivity index (χ2v) is 12.7. The molecule has 0 saturated carbocycles. The van der Waals surface area contributed by atoms with Gasteiger partial charge in [-0.15, -0.1) is 0 Å². The van der Waals surface area contributed by atoms with Crippen molar-refractivity contribution in [3.8, 4) is 0 Å². The lowest BCUT2D eigenvalue weighted by atomic mass is 10.00. The lowest BCUT2D eigenvalue weighted by molar-refractivity contribution is 0.324. The summed E-state index contributed by atoms with van der Waals surface area (Å²) in [6.07, 6.45) is 4.85. The first-order valence-corrected chi connectivity index (χ1v) is 14.5. The molecule has 0 aliphatic heterocycles. The van der Waals surface area contributed by atoms with Gasteiger partial charge in [0.1, 0.15) is 0 Å². The van der Waals surface area contributed by atoms with E-state index >= 15 is 0 Å². The molecule has 0 radical (unpaired) electrons. The summed E-state index contributed by atoms with van der Waals surface area (Å²) >= 11 is 0. The fraction of sp³-hybridized carbons (Fsp3) is 0.500. The quantitative estimate of drug-likeness (QED) is 0.305. The Kier molecular flexibility index (Phi) is 10.7. The average Bonchev–Trinajstić information content (AvgIpc) is 2.81. The van der Waals surface area contributed by atoms with Crippen molar-refractivity contribution in [1.29, 1.82) is 0 Å². The molecular weight excluding hydrogens is 392 g/mol. The van der Waals surface area contributed by atoms with Gasteiger partial charge in [-0.25, -0.2) is 0 Å². The van der Waals surface area contributed by atoms with E-state index in [0.717, 1.165) is 5.57 Å². The largest absolute Gasteiger partial charge is 0.308 e. The minimum absolute atomic E-state index is 1.11. The van der Waals surface area contributed by atoms with Gasteiger partial charge in [0.25, 0.3) is 0 Å². The summed E-state index contributed by atoms with van der Waals surface area (Å²) in [5, 5.41) is 1.56. The number of benzene rings is 2. The molecule has 2 aromatic carbocycles. The van der Waals surface area contributed by atoms with Crippen LogP contribution in [0.25, 0.3) is 5.57 Å². The van der Waals surface area contributed by atoms with Gasteiger partial charge in [-0.2, -0.15) is 0 Å². The lowest BCUT2D eigenvalue weighted by Gasteiger charge is -2.49. The molecule has 0 N–H and O–H groups in total. The molecule has 2 aromatic rings. The molecule has 0 aliphatic carbocycles. The maximum absolute atomic E-state index is 4.39. The molecule has 2 nitrogen and oxygen atoms in total. The highest BCUT2D eigenvalue weighted by molar-refractivity contribution is 6.87. The van der Waals surface area contributed by atoms with Crippen LogP contribution >= 0.6 is 0 Å². The summed E-state index contributed by atoms with van der Waals surface area (Å²) in [4.78, 5) is 0. The molecule has 0 unspecified atom stereocenters. The van der Waals surface area contributed by atoms with E-state index in [0.29, 0.717) is 0 Å². The number of hydrogen-bond acceptors (Lipinski definition) is 2. The van der Waals surface area contributed by atoms with Crippen molar-refractivity contribution in [3.05, 3.63) is 72.3 Å². The van der Waals surface area contributed by atoms with Crippen LogP contribution in [0, 0.1) is 0 Å². The normalized spacial score (nSPS) is 12.0. The van der Waals surface area contributed by atoms with Gasteiger partial charge in [-0.1, -0.05) is 95.8 Å². The Morgan fingerprint density at radius 3 is 1.45 bits per heavy atom. The smallest absolute Gasteiger partial charge is 0.239 e. The van der Waals surface area contributed by atoms with E-state index < -0.39 is 8.40 Å². The third-order valence-electron chi connectivity index (χ3n) is 6.33. The Labute approximate surface area is 193 Å². The van der Waals surface area contributed by atoms with E-state index in [2.05, 4.69) is 105 Å². The molecule has 31 heavy (non-hydrogen) atoms. The standard InChI is InChI=1S/C28H44N2Si/c1-7-21-29(22-8-2)31(11-5,30(23-9-3)24-10-4)28-19-17-27(18-20-28)25(6)26-15-13-12-14-16-26/h12-20H,6-11,21-24H2,1-5H3. The average molecular weight is 437 g/mol. The topological polar surface area (TPSA) is 6.48 Å². The van der Waals surface area contributed by atoms with Crippen LogP contribution in [-0.4, -0.2) is 43.7 Å². The van der Waals surface area contributed by atoms with Crippen LogP contribution in [0.3, 0.4) is 0 Å². The van der Waals surface area contributed by atoms with Gasteiger partial charge in [-0.3, -0.25) is 0 Å². The SMILES string of the molecule is C=C(c1ccccc1)c1ccc([Si](CC)(N(CCC)CCC)N(CCC)CCC)cc1. The summed E-state index contributed by atoms with van der Waals surface area (Å²) < 4.78 is 5.78. The van der Waals surface area contributed by atoms with E-state index in [-0.39, 0.29) is 0 Å². The van der Waals surface area contributed by atoms with Crippen LogP contribution in [-0.2, 0) is 0 Å². The van der Waals surface area contributed by atoms with E-state index in [1.807, 2.05) is 0 Å². The molecule has 0 spiro atoms. The van der Waals surface area contributed by atoms with Crippen molar-refractivity contribution in [2.75, 3.05) is 26.2 Å². The Bertz CT molecular complexity index is 741. The zero-order chi connectivity index (χ0) is 22.7. The molecule has 0 atom stereocenters. The second-order valence-electron chi connectivity index (χ2n) is 8.57. The van der Waals surface area contributed by atoms with E-state index in [1.54, 1.807) is 5.19 Å². The summed E-state index contributed by atoms with van der Waals surface area (Å²) in [6, 6.07) is 21.2. The van der Waals surface area contributed by atoms with E-state index in [9.17, 15) is 0 Å². The van der Waals surface area contributed by atoms with Crippen molar-refractivity contribution in [2.24, 2.45) is 0 Å². The molecule has 2 rings (SSSR count). The Morgan fingerprint density at radius 2 is 1.06 bits per heavy atom. The monoisotopic (exact) mass is 436 g/mol. The first-order chi connectivity index (χ1) is 15.1. The minimum atomic E-state index is -1.99. The van der Waals surface area contributed by atoms with Crippen LogP contribution in [0.2, 0.25) is 6.04 Å². The first kappa shape index (κ1) is 25.6. The molecule has 0 aromatic heterocycles. The molecule has 0 saturated heterocycles. The number of hydrogen-bond donors (Lipinski definition) is 0. The van der Waals surface area contributed by atoms with Crippen molar-refractivity contribution >= 4 is 19.2 Å². The van der Waals surface area contributed by atoms with Crippen LogP contribution in [0.1, 0.15) is 71.4 Å². The van der Waals surface area contributed by atoms with E-state index in [1.165, 1.54) is 69.0 Å². The molecular formula is C28H44N2Si. The molecule has 0 heterocycles. The summed E-state index contributed by atoms with van der Waals surface area (Å²) in [6.45, 7) is 20.9. The summed E-state index contributed by atoms with van der Waals surface area (Å²) in [5.41, 5.74) is 3.53. The van der Waals surface area contributed by atoms with Crippen molar-refractivity contribution in [1.82, 2.24) is 9.13 Å². The third-order valence-corrected chi connectivity index (χ3v) is 11.6. The number of rotatable bonds is 14. The van der Waals surface area contributed by atoms with Gasteiger partial charge in [0.2, 0.25) is 8.40 Å². The van der Waals surface area contributed by atoms with Crippen LogP contribution in [0.4, 0.5) is 0 Å². The lowest BCUT2D eigenvalue weighted by Crippen LogP contribution is -2.73.